The van der Waals surface area contributed by atoms with Crippen molar-refractivity contribution >= 4 is 15.0 Å². The van der Waals surface area contributed by atoms with Crippen molar-refractivity contribution in [2.24, 2.45) is 0 Å². The Labute approximate surface area is 84.0 Å². The molecular weight excluding hydrogens is 211 g/mol. The van der Waals surface area contributed by atoms with E-state index in [0.717, 1.165) is 19.8 Å². The molecule has 0 fully saturated rings. The molecule has 12 heavy (non-hydrogen) atoms. The Balaban J connectivity index is 3.25. The second kappa shape index (κ2) is 9.35. The molecule has 72 valence electrons. The van der Waals surface area contributed by atoms with E-state index >= 15 is 0 Å². The van der Waals surface area contributed by atoms with E-state index in [4.69, 9.17) is 0 Å². The van der Waals surface area contributed by atoms with Crippen LogP contribution in [-0.2, 0) is 0 Å². The predicted molar refractivity (Wildman–Crippen MR) is 58.9 cm³/mol. The van der Waals surface area contributed by atoms with Gasteiger partial charge in [-0.1, -0.05) is 0 Å². The van der Waals surface area contributed by atoms with Crippen LogP contribution in [0.1, 0.15) is 45.4 Å². The summed E-state index contributed by atoms with van der Waals surface area (Å²) in [6, 6.07) is 0. The van der Waals surface area contributed by atoms with Gasteiger partial charge in [-0.15, -0.1) is 0 Å². The molecule has 1 unspecified atom stereocenters. The van der Waals surface area contributed by atoms with Gasteiger partial charge >= 0.3 is 83.7 Å². The Morgan fingerprint density at radius 1 is 1.33 bits per heavy atom. The fraction of sp³-hybridized carbons (Fsp3) is 0.818. The van der Waals surface area contributed by atoms with E-state index in [1.807, 2.05) is 0 Å². The van der Waals surface area contributed by atoms with Gasteiger partial charge in [-0.25, -0.2) is 0 Å². The average molecular weight is 233 g/mol. The molecule has 0 aliphatic heterocycles. The molecule has 0 aliphatic rings. The van der Waals surface area contributed by atoms with Crippen LogP contribution in [0.15, 0.2) is 12.7 Å². The molecule has 0 N–H and O–H groups in total. The van der Waals surface area contributed by atoms with Crippen LogP contribution in [0.3, 0.4) is 0 Å². The summed E-state index contributed by atoms with van der Waals surface area (Å²) in [6.45, 7) is 6.07. The molecule has 0 amide bonds. The summed E-state index contributed by atoms with van der Waals surface area (Å²) in [7, 11) is 0. The van der Waals surface area contributed by atoms with Crippen LogP contribution < -0.4 is 0 Å². The number of hydrogen-bond donors (Lipinski definition) is 0. The van der Waals surface area contributed by atoms with Gasteiger partial charge in [-0.05, 0) is 0 Å². The van der Waals surface area contributed by atoms with E-state index in [-0.39, 0.29) is 0 Å². The van der Waals surface area contributed by atoms with Gasteiger partial charge in [-0.3, -0.25) is 0 Å². The molecule has 0 heterocycles. The van der Waals surface area contributed by atoms with Crippen molar-refractivity contribution in [1.29, 1.82) is 0 Å². The van der Waals surface area contributed by atoms with Crippen LogP contribution in [0.5, 0.6) is 0 Å². The van der Waals surface area contributed by atoms with Crippen LogP contribution in [0.2, 0.25) is 10.6 Å². The first-order valence-electron chi connectivity index (χ1n) is 4.98. The summed E-state index contributed by atoms with van der Waals surface area (Å²) in [4.78, 5) is 0.965. The average Bonchev–Trinajstić information content (AvgIpc) is 2.10. The topological polar surface area (TPSA) is 0 Å². The molecule has 0 saturated heterocycles. The van der Waals surface area contributed by atoms with Crippen molar-refractivity contribution in [3.8, 4) is 0 Å². The van der Waals surface area contributed by atoms with Crippen molar-refractivity contribution in [3.63, 3.8) is 0 Å². The fourth-order valence-corrected chi connectivity index (χ4v) is 2.85. The Hall–Kier alpha value is 0.259. The first kappa shape index (κ1) is 12.3. The van der Waals surface area contributed by atoms with Crippen LogP contribution in [0.25, 0.3) is 0 Å². The summed E-state index contributed by atoms with van der Waals surface area (Å²) >= 11 is 0.820. The predicted octanol–water partition coefficient (Wildman–Crippen LogP) is 4.07. The van der Waals surface area contributed by atoms with E-state index in [0.29, 0.717) is 0 Å². The van der Waals surface area contributed by atoms with Gasteiger partial charge in [0, 0.05) is 0 Å². The standard InChI is InChI=1S/C11H22Se/c1-4-6-7-8-10-11(12-3)9-5-2/h5,11H,2,4,6-10H2,1,3H3. The molecule has 0 aromatic carbocycles. The summed E-state index contributed by atoms with van der Waals surface area (Å²) < 4.78 is 0. The second-order valence-corrected chi connectivity index (χ2v) is 5.62. The van der Waals surface area contributed by atoms with Crippen LogP contribution >= 0.6 is 0 Å². The van der Waals surface area contributed by atoms with Crippen molar-refractivity contribution < 1.29 is 0 Å². The van der Waals surface area contributed by atoms with E-state index in [2.05, 4.69) is 25.4 Å². The van der Waals surface area contributed by atoms with Crippen LogP contribution in [0.4, 0.5) is 0 Å². The first-order valence-corrected chi connectivity index (χ1v) is 7.69. The van der Waals surface area contributed by atoms with E-state index in [1.165, 1.54) is 38.5 Å². The van der Waals surface area contributed by atoms with Gasteiger partial charge in [0.15, 0.2) is 0 Å². The number of hydrogen-bond acceptors (Lipinski definition) is 0. The molecule has 0 bridgehead atoms. The quantitative estimate of drug-likeness (QED) is 0.337. The Morgan fingerprint density at radius 2 is 2.08 bits per heavy atom. The Kier molecular flexibility index (Phi) is 9.55. The van der Waals surface area contributed by atoms with Gasteiger partial charge in [0.05, 0.1) is 0 Å². The van der Waals surface area contributed by atoms with Gasteiger partial charge in [0.25, 0.3) is 0 Å². The van der Waals surface area contributed by atoms with E-state index in [1.54, 1.807) is 0 Å². The van der Waals surface area contributed by atoms with Gasteiger partial charge < -0.3 is 0 Å². The molecule has 0 saturated carbocycles. The minimum atomic E-state index is 0.820. The molecule has 0 radical (unpaired) electrons. The SMILES string of the molecule is C=CCC(CCCCCC)[Se]C. The molecule has 1 atom stereocenters. The number of rotatable bonds is 8. The molecule has 0 nitrogen and oxygen atoms in total. The normalized spacial score (nSPS) is 12.8. The Bertz CT molecular complexity index is 99.2. The zero-order valence-electron chi connectivity index (χ0n) is 8.51. The minimum absolute atomic E-state index is 0.820. The molecule has 0 aromatic heterocycles. The third-order valence-electron chi connectivity index (χ3n) is 2.14. The first-order chi connectivity index (χ1) is 5.85. The monoisotopic (exact) mass is 234 g/mol. The summed E-state index contributed by atoms with van der Waals surface area (Å²) in [6.07, 6.45) is 10.4. The molecular formula is C11H22Se. The molecule has 0 aliphatic carbocycles. The van der Waals surface area contributed by atoms with Gasteiger partial charge in [0.2, 0.25) is 0 Å². The van der Waals surface area contributed by atoms with Crippen molar-refractivity contribution in [1.82, 2.24) is 0 Å². The zero-order valence-corrected chi connectivity index (χ0v) is 10.2. The molecule has 0 spiro atoms. The van der Waals surface area contributed by atoms with Crippen LogP contribution in [0, 0.1) is 0 Å². The third kappa shape index (κ3) is 6.94. The fourth-order valence-electron chi connectivity index (χ4n) is 1.32. The second-order valence-electron chi connectivity index (χ2n) is 3.23. The number of allylic oxidation sites excluding steroid dienone is 1. The summed E-state index contributed by atoms with van der Waals surface area (Å²) in [5.74, 6) is 2.35. The van der Waals surface area contributed by atoms with Gasteiger partial charge in [0.1, 0.15) is 0 Å². The third-order valence-corrected chi connectivity index (χ3v) is 4.44. The molecule has 0 rings (SSSR count). The summed E-state index contributed by atoms with van der Waals surface area (Å²) in [5.41, 5.74) is 0. The Morgan fingerprint density at radius 3 is 2.58 bits per heavy atom. The van der Waals surface area contributed by atoms with Crippen LogP contribution in [-0.4, -0.2) is 15.0 Å². The maximum atomic E-state index is 3.80. The maximum absolute atomic E-state index is 3.80. The van der Waals surface area contributed by atoms with Gasteiger partial charge in [-0.2, -0.15) is 0 Å². The van der Waals surface area contributed by atoms with E-state index in [9.17, 15) is 0 Å². The zero-order chi connectivity index (χ0) is 9.23. The van der Waals surface area contributed by atoms with Crippen molar-refractivity contribution in [2.75, 3.05) is 0 Å². The van der Waals surface area contributed by atoms with Crippen molar-refractivity contribution in [3.05, 3.63) is 12.7 Å². The molecule has 1 heteroatoms. The van der Waals surface area contributed by atoms with E-state index < -0.39 is 0 Å². The van der Waals surface area contributed by atoms with Crippen molar-refractivity contribution in [2.45, 2.75) is 56.1 Å². The molecule has 0 aromatic rings. The summed E-state index contributed by atoms with van der Waals surface area (Å²) in [5, 5.41) is 0. The number of unbranched alkanes of at least 4 members (excludes halogenated alkanes) is 3.